The van der Waals surface area contributed by atoms with Gasteiger partial charge >= 0.3 is 0 Å². The van der Waals surface area contributed by atoms with Gasteiger partial charge in [-0.1, -0.05) is 48.5 Å². The first-order valence-corrected chi connectivity index (χ1v) is 5.98. The first kappa shape index (κ1) is 10.3. The van der Waals surface area contributed by atoms with Crippen LogP contribution < -0.4 is 0 Å². The molecule has 2 aromatic rings. The molecule has 1 radical (unpaired) electrons. The van der Waals surface area contributed by atoms with Crippen LogP contribution in [-0.4, -0.2) is 0 Å². The van der Waals surface area contributed by atoms with Crippen molar-refractivity contribution in [3.63, 3.8) is 0 Å². The Hall–Kier alpha value is -1.82. The molecule has 0 aliphatic heterocycles. The van der Waals surface area contributed by atoms with Gasteiger partial charge in [-0.25, -0.2) is 0 Å². The quantitative estimate of drug-likeness (QED) is 0.670. The van der Waals surface area contributed by atoms with Crippen LogP contribution in [0.15, 0.2) is 48.5 Å². The maximum Gasteiger partial charge on any atom is 0.0138 e. The van der Waals surface area contributed by atoms with E-state index >= 15 is 0 Å². The summed E-state index contributed by atoms with van der Waals surface area (Å²) in [4.78, 5) is 0. The molecule has 3 rings (SSSR count). The zero-order valence-corrected chi connectivity index (χ0v) is 10.2. The highest BCUT2D eigenvalue weighted by molar-refractivity contribution is 5.87. The molecule has 0 nitrogen and oxygen atoms in total. The van der Waals surface area contributed by atoms with E-state index in [1.165, 1.54) is 33.4 Å². The lowest BCUT2D eigenvalue weighted by Gasteiger charge is -2.08. The molecule has 0 amide bonds. The molecule has 0 saturated heterocycles. The zero-order chi connectivity index (χ0) is 11.8. The van der Waals surface area contributed by atoms with Crippen molar-refractivity contribution in [2.24, 2.45) is 0 Å². The van der Waals surface area contributed by atoms with Crippen molar-refractivity contribution >= 4 is 5.57 Å². The van der Waals surface area contributed by atoms with Gasteiger partial charge in [0.15, 0.2) is 0 Å². The summed E-state index contributed by atoms with van der Waals surface area (Å²) in [5, 5.41) is 0. The van der Waals surface area contributed by atoms with Gasteiger partial charge < -0.3 is 0 Å². The van der Waals surface area contributed by atoms with Crippen molar-refractivity contribution in [1.82, 2.24) is 0 Å². The van der Waals surface area contributed by atoms with Gasteiger partial charge in [0.2, 0.25) is 0 Å². The van der Waals surface area contributed by atoms with Crippen molar-refractivity contribution in [2.45, 2.75) is 13.8 Å². The van der Waals surface area contributed by atoms with Gasteiger partial charge in [-0.15, -0.1) is 0 Å². The molecule has 0 unspecified atom stereocenters. The summed E-state index contributed by atoms with van der Waals surface area (Å²) in [6, 6.07) is 15.2. The smallest absolute Gasteiger partial charge is 0.0138 e. The number of allylic oxidation sites excluding steroid dienone is 1. The van der Waals surface area contributed by atoms with E-state index < -0.39 is 0 Å². The second kappa shape index (κ2) is 3.89. The summed E-state index contributed by atoms with van der Waals surface area (Å²) >= 11 is 0. The molecule has 0 spiro atoms. The van der Waals surface area contributed by atoms with Crippen LogP contribution in [0.1, 0.15) is 27.8 Å². The van der Waals surface area contributed by atoms with E-state index in [1.54, 1.807) is 0 Å². The molecule has 2 aromatic carbocycles. The Morgan fingerprint density at radius 1 is 0.824 bits per heavy atom. The van der Waals surface area contributed by atoms with Crippen molar-refractivity contribution in [3.8, 4) is 0 Å². The Morgan fingerprint density at radius 2 is 1.65 bits per heavy atom. The molecule has 0 aromatic heterocycles. The van der Waals surface area contributed by atoms with E-state index in [9.17, 15) is 0 Å². The van der Waals surface area contributed by atoms with Crippen molar-refractivity contribution in [2.75, 3.05) is 0 Å². The molecule has 17 heavy (non-hydrogen) atoms. The van der Waals surface area contributed by atoms with Gasteiger partial charge in [-0.05, 0) is 47.2 Å². The van der Waals surface area contributed by atoms with E-state index in [4.69, 9.17) is 0 Å². The molecule has 1 aliphatic rings. The van der Waals surface area contributed by atoms with Gasteiger partial charge in [0.05, 0.1) is 0 Å². The van der Waals surface area contributed by atoms with Gasteiger partial charge in [0, 0.05) is 6.42 Å². The van der Waals surface area contributed by atoms with E-state index in [-0.39, 0.29) is 0 Å². The van der Waals surface area contributed by atoms with Gasteiger partial charge in [-0.3, -0.25) is 0 Å². The van der Waals surface area contributed by atoms with Crippen LogP contribution in [0, 0.1) is 20.3 Å². The Morgan fingerprint density at radius 3 is 2.47 bits per heavy atom. The number of rotatable bonds is 1. The van der Waals surface area contributed by atoms with E-state index in [2.05, 4.69) is 68.8 Å². The van der Waals surface area contributed by atoms with Crippen LogP contribution in [0.4, 0.5) is 0 Å². The molecule has 0 heteroatoms. The molecule has 0 saturated carbocycles. The molecule has 0 bridgehead atoms. The lowest BCUT2D eigenvalue weighted by Crippen LogP contribution is -1.89. The lowest BCUT2D eigenvalue weighted by molar-refractivity contribution is 1.33. The second-order valence-corrected chi connectivity index (χ2v) is 4.63. The topological polar surface area (TPSA) is 0 Å². The normalized spacial score (nSPS) is 13.4. The predicted molar refractivity (Wildman–Crippen MR) is 72.8 cm³/mol. The fourth-order valence-corrected chi connectivity index (χ4v) is 2.31. The van der Waals surface area contributed by atoms with E-state index in [0.29, 0.717) is 0 Å². The number of hydrogen-bond donors (Lipinski definition) is 0. The van der Waals surface area contributed by atoms with Crippen molar-refractivity contribution < 1.29 is 0 Å². The van der Waals surface area contributed by atoms with Crippen LogP contribution in [0.5, 0.6) is 0 Å². The summed E-state index contributed by atoms with van der Waals surface area (Å²) in [6.07, 6.45) is 4.41. The summed E-state index contributed by atoms with van der Waals surface area (Å²) in [5.74, 6) is 0. The minimum Gasteiger partial charge on any atom is -0.0676 e. The number of fused-ring (bicyclic) bond motifs is 1. The number of hydrogen-bond acceptors (Lipinski definition) is 0. The molecular formula is C17H15. The SMILES string of the molecule is Cc1ccc(C2=C[CH]c3ccccc32)cc1C. The van der Waals surface area contributed by atoms with Crippen LogP contribution in [0.25, 0.3) is 5.57 Å². The summed E-state index contributed by atoms with van der Waals surface area (Å²) in [7, 11) is 0. The Labute approximate surface area is 103 Å². The molecule has 0 heterocycles. The predicted octanol–water partition coefficient (Wildman–Crippen LogP) is 4.30. The fourth-order valence-electron chi connectivity index (χ4n) is 2.31. The third-order valence-electron chi connectivity index (χ3n) is 3.50. The monoisotopic (exact) mass is 219 g/mol. The zero-order valence-electron chi connectivity index (χ0n) is 10.2. The molecule has 0 N–H and O–H groups in total. The Bertz CT molecular complexity index is 603. The molecule has 1 aliphatic carbocycles. The molecular weight excluding hydrogens is 204 g/mol. The van der Waals surface area contributed by atoms with Crippen LogP contribution in [0.2, 0.25) is 0 Å². The maximum absolute atomic E-state index is 2.27. The van der Waals surface area contributed by atoms with Gasteiger partial charge in [-0.2, -0.15) is 0 Å². The number of aryl methyl sites for hydroxylation is 2. The summed E-state index contributed by atoms with van der Waals surface area (Å²) < 4.78 is 0. The third-order valence-corrected chi connectivity index (χ3v) is 3.50. The first-order chi connectivity index (χ1) is 8.25. The van der Waals surface area contributed by atoms with Gasteiger partial charge in [0.1, 0.15) is 0 Å². The summed E-state index contributed by atoms with van der Waals surface area (Å²) in [6.45, 7) is 4.33. The average Bonchev–Trinajstić information content (AvgIpc) is 2.76. The minimum atomic E-state index is 1.31. The van der Waals surface area contributed by atoms with Gasteiger partial charge in [0.25, 0.3) is 0 Å². The average molecular weight is 219 g/mol. The van der Waals surface area contributed by atoms with Crippen molar-refractivity contribution in [3.05, 3.63) is 82.8 Å². The highest BCUT2D eigenvalue weighted by Gasteiger charge is 2.15. The Balaban J connectivity index is 2.10. The molecule has 0 fully saturated rings. The second-order valence-electron chi connectivity index (χ2n) is 4.63. The van der Waals surface area contributed by atoms with Crippen LogP contribution in [-0.2, 0) is 0 Å². The van der Waals surface area contributed by atoms with Crippen LogP contribution in [0.3, 0.4) is 0 Å². The molecule has 0 atom stereocenters. The molecule has 83 valence electrons. The maximum atomic E-state index is 2.27. The highest BCUT2D eigenvalue weighted by Crippen LogP contribution is 2.33. The van der Waals surface area contributed by atoms with Crippen molar-refractivity contribution in [1.29, 1.82) is 0 Å². The lowest BCUT2D eigenvalue weighted by atomic mass is 9.96. The highest BCUT2D eigenvalue weighted by atomic mass is 14.2. The standard InChI is InChI=1S/C17H15/c1-12-7-8-15(11-13(12)2)17-10-9-14-5-3-4-6-16(14)17/h3-11H,1-2H3. The Kier molecular flexibility index (Phi) is 2.36. The van der Waals surface area contributed by atoms with E-state index in [0.717, 1.165) is 0 Å². The third kappa shape index (κ3) is 1.70. The van der Waals surface area contributed by atoms with E-state index in [1.807, 2.05) is 0 Å². The van der Waals surface area contributed by atoms with Crippen LogP contribution >= 0.6 is 0 Å². The minimum absolute atomic E-state index is 1.31. The fraction of sp³-hybridized carbons (Fsp3) is 0.118. The largest absolute Gasteiger partial charge is 0.0676 e. The number of benzene rings is 2. The summed E-state index contributed by atoms with van der Waals surface area (Å²) in [5.41, 5.74) is 8.02. The first-order valence-electron chi connectivity index (χ1n) is 5.98.